The first-order chi connectivity index (χ1) is 8.13. The molecule has 0 aromatic carbocycles. The minimum absolute atomic E-state index is 0.739. The van der Waals surface area contributed by atoms with Crippen LogP contribution in [-0.4, -0.2) is 13.7 Å². The van der Waals surface area contributed by atoms with Gasteiger partial charge in [-0.05, 0) is 31.8 Å². The number of methoxy groups -OCH3 is 1. The van der Waals surface area contributed by atoms with E-state index in [0.29, 0.717) is 0 Å². The Hall–Kier alpha value is -1.18. The third-order valence-corrected chi connectivity index (χ3v) is 2.81. The molecule has 0 aromatic heterocycles. The van der Waals surface area contributed by atoms with Crippen LogP contribution in [0, 0.1) is 5.92 Å². The molecule has 0 unspecified atom stereocenters. The Kier molecular flexibility index (Phi) is 5.88. The summed E-state index contributed by atoms with van der Waals surface area (Å²) in [6.07, 6.45) is 9.35. The van der Waals surface area contributed by atoms with E-state index in [4.69, 9.17) is 9.47 Å². The molecule has 1 aliphatic carbocycles. The molecule has 0 saturated heterocycles. The fourth-order valence-corrected chi connectivity index (χ4v) is 1.71. The number of allylic oxidation sites excluding steroid dienone is 4. The summed E-state index contributed by atoms with van der Waals surface area (Å²) in [6.45, 7) is 7.33. The van der Waals surface area contributed by atoms with E-state index in [-0.39, 0.29) is 0 Å². The zero-order valence-corrected chi connectivity index (χ0v) is 11.5. The molecule has 2 nitrogen and oxygen atoms in total. The molecule has 2 heteroatoms. The van der Waals surface area contributed by atoms with E-state index in [2.05, 4.69) is 32.9 Å². The topological polar surface area (TPSA) is 18.5 Å². The maximum absolute atomic E-state index is 5.80. The second kappa shape index (κ2) is 7.21. The Balaban J connectivity index is 2.49. The first kappa shape index (κ1) is 13.9. The Morgan fingerprint density at radius 1 is 1.29 bits per heavy atom. The number of rotatable bonds is 6. The summed E-state index contributed by atoms with van der Waals surface area (Å²) in [7, 11) is 1.70. The van der Waals surface area contributed by atoms with E-state index in [1.165, 1.54) is 12.0 Å². The number of hydrogen-bond donors (Lipinski definition) is 0. The molecule has 1 rings (SSSR count). The molecule has 0 fully saturated rings. The lowest BCUT2D eigenvalue weighted by Gasteiger charge is -2.11. The summed E-state index contributed by atoms with van der Waals surface area (Å²) < 4.78 is 11.2. The van der Waals surface area contributed by atoms with Crippen LogP contribution in [0.1, 0.15) is 40.0 Å². The summed E-state index contributed by atoms with van der Waals surface area (Å²) in [5.74, 6) is 2.54. The fourth-order valence-electron chi connectivity index (χ4n) is 1.71. The molecule has 0 aromatic rings. The maximum atomic E-state index is 5.80. The number of hydrogen-bond acceptors (Lipinski definition) is 2. The Morgan fingerprint density at radius 3 is 2.71 bits per heavy atom. The third-order valence-electron chi connectivity index (χ3n) is 2.81. The van der Waals surface area contributed by atoms with Gasteiger partial charge in [0.15, 0.2) is 5.76 Å². The van der Waals surface area contributed by atoms with Gasteiger partial charge in [0.1, 0.15) is 5.76 Å². The van der Waals surface area contributed by atoms with Crippen molar-refractivity contribution >= 4 is 0 Å². The molecule has 0 atom stereocenters. The predicted octanol–water partition coefficient (Wildman–Crippen LogP) is 4.20. The molecule has 1 aliphatic rings. The Labute approximate surface area is 105 Å². The molecular weight excluding hydrogens is 212 g/mol. The van der Waals surface area contributed by atoms with Crippen molar-refractivity contribution in [3.05, 3.63) is 35.3 Å². The van der Waals surface area contributed by atoms with Crippen LogP contribution in [0.2, 0.25) is 0 Å². The fraction of sp³-hybridized carbons (Fsp3) is 0.600. The van der Waals surface area contributed by atoms with Crippen molar-refractivity contribution in [1.82, 2.24) is 0 Å². The van der Waals surface area contributed by atoms with Crippen molar-refractivity contribution in [1.29, 1.82) is 0 Å². The summed E-state index contributed by atoms with van der Waals surface area (Å²) in [6, 6.07) is 0. The van der Waals surface area contributed by atoms with Crippen LogP contribution in [-0.2, 0) is 9.47 Å². The normalized spacial score (nSPS) is 15.9. The average Bonchev–Trinajstić information content (AvgIpc) is 2.47. The lowest BCUT2D eigenvalue weighted by Crippen LogP contribution is -2.00. The van der Waals surface area contributed by atoms with Gasteiger partial charge >= 0.3 is 0 Å². The van der Waals surface area contributed by atoms with Gasteiger partial charge in [0.2, 0.25) is 0 Å². The van der Waals surface area contributed by atoms with Gasteiger partial charge in [0.05, 0.1) is 13.7 Å². The van der Waals surface area contributed by atoms with Crippen LogP contribution < -0.4 is 0 Å². The van der Waals surface area contributed by atoms with Gasteiger partial charge in [-0.1, -0.05) is 31.6 Å². The highest BCUT2D eigenvalue weighted by atomic mass is 16.5. The molecule has 0 spiro atoms. The first-order valence-electron chi connectivity index (χ1n) is 6.38. The van der Waals surface area contributed by atoms with E-state index < -0.39 is 0 Å². The highest BCUT2D eigenvalue weighted by Gasteiger charge is 2.08. The van der Waals surface area contributed by atoms with Gasteiger partial charge in [0.25, 0.3) is 0 Å². The second-order valence-electron chi connectivity index (χ2n) is 4.86. The minimum atomic E-state index is 0.739. The van der Waals surface area contributed by atoms with Crippen molar-refractivity contribution in [3.63, 3.8) is 0 Å². The van der Waals surface area contributed by atoms with Crippen molar-refractivity contribution in [2.24, 2.45) is 5.92 Å². The van der Waals surface area contributed by atoms with Gasteiger partial charge < -0.3 is 9.47 Å². The molecule has 0 bridgehead atoms. The van der Waals surface area contributed by atoms with E-state index in [9.17, 15) is 0 Å². The van der Waals surface area contributed by atoms with E-state index in [1.807, 2.05) is 6.08 Å². The van der Waals surface area contributed by atoms with Gasteiger partial charge in [-0.2, -0.15) is 0 Å². The molecular formula is C15H24O2. The Bertz CT molecular complexity index is 322. The van der Waals surface area contributed by atoms with E-state index in [1.54, 1.807) is 7.11 Å². The van der Waals surface area contributed by atoms with Crippen LogP contribution >= 0.6 is 0 Å². The van der Waals surface area contributed by atoms with Crippen LogP contribution in [0.4, 0.5) is 0 Å². The van der Waals surface area contributed by atoms with Crippen LogP contribution in [0.25, 0.3) is 0 Å². The highest BCUT2D eigenvalue weighted by molar-refractivity contribution is 5.30. The smallest absolute Gasteiger partial charge is 0.157 e. The molecule has 0 saturated carbocycles. The summed E-state index contributed by atoms with van der Waals surface area (Å²) >= 11 is 0. The summed E-state index contributed by atoms with van der Waals surface area (Å²) in [5, 5.41) is 0. The molecule has 0 aliphatic heterocycles. The molecule has 0 radical (unpaired) electrons. The van der Waals surface area contributed by atoms with Crippen molar-refractivity contribution in [3.8, 4) is 0 Å². The van der Waals surface area contributed by atoms with Gasteiger partial charge in [-0.15, -0.1) is 0 Å². The first-order valence-corrected chi connectivity index (χ1v) is 6.38. The van der Waals surface area contributed by atoms with Gasteiger partial charge in [-0.25, -0.2) is 0 Å². The average molecular weight is 236 g/mol. The van der Waals surface area contributed by atoms with E-state index in [0.717, 1.165) is 36.9 Å². The largest absolute Gasteiger partial charge is 0.497 e. The van der Waals surface area contributed by atoms with Gasteiger partial charge in [0, 0.05) is 6.42 Å². The summed E-state index contributed by atoms with van der Waals surface area (Å²) in [5.41, 5.74) is 1.25. The van der Waals surface area contributed by atoms with Crippen molar-refractivity contribution < 1.29 is 9.47 Å². The molecule has 17 heavy (non-hydrogen) atoms. The van der Waals surface area contributed by atoms with Crippen LogP contribution in [0.15, 0.2) is 35.3 Å². The number of ether oxygens (including phenoxy) is 2. The zero-order chi connectivity index (χ0) is 12.7. The van der Waals surface area contributed by atoms with Crippen molar-refractivity contribution in [2.45, 2.75) is 40.0 Å². The lowest BCUT2D eigenvalue weighted by molar-refractivity contribution is 0.178. The highest BCUT2D eigenvalue weighted by Crippen LogP contribution is 2.19. The molecule has 0 amide bonds. The van der Waals surface area contributed by atoms with Crippen molar-refractivity contribution in [2.75, 3.05) is 13.7 Å². The minimum Gasteiger partial charge on any atom is -0.497 e. The standard InChI is InChI=1S/C15H24O2/c1-12(2)6-5-11-17-15-10-8-13(3)7-9-14(15)16-4/h7-8,10,12H,5-6,9,11H2,1-4H3. The molecule has 0 heterocycles. The second-order valence-corrected chi connectivity index (χ2v) is 4.86. The predicted molar refractivity (Wildman–Crippen MR) is 71.6 cm³/mol. The third kappa shape index (κ3) is 5.12. The quantitative estimate of drug-likeness (QED) is 0.643. The zero-order valence-electron chi connectivity index (χ0n) is 11.5. The molecule has 0 N–H and O–H groups in total. The monoisotopic (exact) mass is 236 g/mol. The van der Waals surface area contributed by atoms with Crippen LogP contribution in [0.3, 0.4) is 0 Å². The maximum Gasteiger partial charge on any atom is 0.157 e. The van der Waals surface area contributed by atoms with Gasteiger partial charge in [-0.3, -0.25) is 0 Å². The molecule has 96 valence electrons. The lowest BCUT2D eigenvalue weighted by atomic mass is 10.1. The Morgan fingerprint density at radius 2 is 2.06 bits per heavy atom. The van der Waals surface area contributed by atoms with Crippen LogP contribution in [0.5, 0.6) is 0 Å². The SMILES string of the molecule is COC1=C(OCCCC(C)C)C=CC(C)=CC1. The summed E-state index contributed by atoms with van der Waals surface area (Å²) in [4.78, 5) is 0. The van der Waals surface area contributed by atoms with E-state index >= 15 is 0 Å².